The Balaban J connectivity index is 1.17. The summed E-state index contributed by atoms with van der Waals surface area (Å²) in [6, 6.07) is 19.3. The van der Waals surface area contributed by atoms with Crippen LogP contribution in [0.2, 0.25) is 0 Å². The van der Waals surface area contributed by atoms with E-state index in [1.54, 1.807) is 47.8 Å². The molecule has 3 aromatic carbocycles. The summed E-state index contributed by atoms with van der Waals surface area (Å²) in [6.45, 7) is 12.6. The largest absolute Gasteiger partial charge is 0.497 e. The summed E-state index contributed by atoms with van der Waals surface area (Å²) in [4.78, 5) is 62.1. The molecule has 4 amide bonds. The fourth-order valence-corrected chi connectivity index (χ4v) is 9.42. The predicted molar refractivity (Wildman–Crippen MR) is 233 cm³/mol. The smallest absolute Gasteiger partial charge is 0.408 e. The van der Waals surface area contributed by atoms with E-state index in [4.69, 9.17) is 19.2 Å². The van der Waals surface area contributed by atoms with E-state index < -0.39 is 75.0 Å². The van der Waals surface area contributed by atoms with Gasteiger partial charge in [-0.3, -0.25) is 14.4 Å². The van der Waals surface area contributed by atoms with Crippen molar-refractivity contribution in [2.75, 3.05) is 13.7 Å². The average Bonchev–Trinajstić information content (AvgIpc) is 3.50. The van der Waals surface area contributed by atoms with Gasteiger partial charge < -0.3 is 29.7 Å². The third-order valence-corrected chi connectivity index (χ3v) is 13.1. The molecule has 15 heteroatoms. The van der Waals surface area contributed by atoms with Crippen molar-refractivity contribution in [2.24, 2.45) is 11.8 Å². The van der Waals surface area contributed by atoms with Crippen molar-refractivity contribution in [3.8, 4) is 17.0 Å². The average molecular weight is 866 g/mol. The summed E-state index contributed by atoms with van der Waals surface area (Å²) < 4.78 is 46.2. The summed E-state index contributed by atoms with van der Waals surface area (Å²) in [5.74, 6) is -2.48. The minimum atomic E-state index is -4.28. The second-order valence-electron chi connectivity index (χ2n) is 17.7. The van der Waals surface area contributed by atoms with Crippen molar-refractivity contribution in [2.45, 2.75) is 108 Å². The summed E-state index contributed by atoms with van der Waals surface area (Å²) in [6.07, 6.45) is 3.38. The molecule has 62 heavy (non-hydrogen) atoms. The molecule has 0 bridgehead atoms. The monoisotopic (exact) mass is 865 g/mol. The van der Waals surface area contributed by atoms with E-state index in [-0.39, 0.29) is 30.9 Å². The molecule has 2 heterocycles. The van der Waals surface area contributed by atoms with Crippen molar-refractivity contribution in [3.05, 3.63) is 102 Å². The Hall–Kier alpha value is -5.80. The number of carbonyl (C=O) groups excluding carboxylic acids is 4. The van der Waals surface area contributed by atoms with Gasteiger partial charge >= 0.3 is 6.09 Å². The number of alkyl carbamates (subject to hydrolysis) is 1. The zero-order valence-electron chi connectivity index (χ0n) is 36.0. The summed E-state index contributed by atoms with van der Waals surface area (Å²) in [5.41, 5.74) is 3.51. The first-order valence-corrected chi connectivity index (χ1v) is 22.5. The molecular formula is C47H55N5O9S. The molecule has 2 fully saturated rings. The summed E-state index contributed by atoms with van der Waals surface area (Å²) >= 11 is 0. The number of hydrogen-bond donors (Lipinski definition) is 3. The number of aryl methyl sites for hydroxylation is 2. The molecule has 2 aliphatic carbocycles. The van der Waals surface area contributed by atoms with Gasteiger partial charge in [-0.25, -0.2) is 22.9 Å². The quantitative estimate of drug-likeness (QED) is 0.127. The highest BCUT2D eigenvalue weighted by atomic mass is 32.2. The van der Waals surface area contributed by atoms with Crippen molar-refractivity contribution in [1.82, 2.24) is 25.2 Å². The van der Waals surface area contributed by atoms with E-state index in [2.05, 4.69) is 40.1 Å². The third kappa shape index (κ3) is 9.48. The van der Waals surface area contributed by atoms with Gasteiger partial charge in [0.15, 0.2) is 0 Å². The molecule has 3 aliphatic rings. The lowest BCUT2D eigenvalue weighted by Gasteiger charge is -2.31. The molecular weight excluding hydrogens is 811 g/mol. The van der Waals surface area contributed by atoms with Gasteiger partial charge in [0.25, 0.3) is 15.9 Å². The second kappa shape index (κ2) is 17.5. The molecule has 1 aromatic heterocycles. The standard InChI is InChI=1S/C47H55N5O9S/c1-8-33-25-47(33,44(55)51-62(57,58)36-15-10-9-11-16-36)50-42(53)40-24-35(26-52(40)43(54)41(28(2)3)49-45(56)61-46(4,5)6)60-27-32-22-38(31-18-17-29-13-12-14-30(29)21-31)48-39-23-34(59-7)19-20-37(32)39/h8-11,15-23,28,33,35,40-41H,1,12-14,24-27H2,2-7H3,(H,49,56)(H,50,53)(H,51,55)/t33-,35-,40+,41+,47-/m1/s1. The van der Waals surface area contributed by atoms with Gasteiger partial charge in [0, 0.05) is 35.9 Å². The minimum Gasteiger partial charge on any atom is -0.497 e. The van der Waals surface area contributed by atoms with Crippen LogP contribution in [0.1, 0.15) is 70.6 Å². The van der Waals surface area contributed by atoms with Gasteiger partial charge in [0.05, 0.1) is 35.9 Å². The van der Waals surface area contributed by atoms with Gasteiger partial charge in [-0.2, -0.15) is 0 Å². The number of pyridine rings is 1. The highest BCUT2D eigenvalue weighted by molar-refractivity contribution is 7.90. The second-order valence-corrected chi connectivity index (χ2v) is 19.4. The number of ether oxygens (including phenoxy) is 3. The lowest BCUT2D eigenvalue weighted by atomic mass is 10.0. The molecule has 1 aliphatic heterocycles. The number of hydrogen-bond acceptors (Lipinski definition) is 10. The Kier molecular flexibility index (Phi) is 12.5. The fraction of sp³-hybridized carbons (Fsp3) is 0.426. The molecule has 0 unspecified atom stereocenters. The van der Waals surface area contributed by atoms with Crippen LogP contribution in [0.25, 0.3) is 22.2 Å². The summed E-state index contributed by atoms with van der Waals surface area (Å²) in [5, 5.41) is 6.36. The predicted octanol–water partition coefficient (Wildman–Crippen LogP) is 6.00. The number of likely N-dealkylation sites (tertiary alicyclic amines) is 1. The Morgan fingerprint density at radius 3 is 2.42 bits per heavy atom. The van der Waals surface area contributed by atoms with Gasteiger partial charge in [0.2, 0.25) is 11.8 Å². The maximum absolute atomic E-state index is 14.5. The molecule has 0 spiro atoms. The first-order chi connectivity index (χ1) is 29.4. The molecule has 0 radical (unpaired) electrons. The van der Waals surface area contributed by atoms with Crippen LogP contribution in [-0.2, 0) is 53.3 Å². The number of methoxy groups -OCH3 is 1. The zero-order chi connectivity index (χ0) is 44.6. The van der Waals surface area contributed by atoms with Crippen LogP contribution >= 0.6 is 0 Å². The molecule has 328 valence electrons. The molecule has 4 aromatic rings. The Labute approximate surface area is 362 Å². The fourth-order valence-electron chi connectivity index (χ4n) is 8.36. The number of amides is 4. The van der Waals surface area contributed by atoms with Crippen LogP contribution < -0.4 is 20.1 Å². The first kappa shape index (κ1) is 44.3. The van der Waals surface area contributed by atoms with E-state index in [1.165, 1.54) is 46.4 Å². The van der Waals surface area contributed by atoms with E-state index in [0.29, 0.717) is 11.3 Å². The van der Waals surface area contributed by atoms with Crippen LogP contribution in [0.15, 0.2) is 90.3 Å². The lowest BCUT2D eigenvalue weighted by molar-refractivity contribution is -0.142. The number of benzene rings is 3. The van der Waals surface area contributed by atoms with Crippen LogP contribution in [-0.4, -0.2) is 85.1 Å². The Morgan fingerprint density at radius 1 is 1.00 bits per heavy atom. The highest BCUT2D eigenvalue weighted by Gasteiger charge is 2.61. The first-order valence-electron chi connectivity index (χ1n) is 21.0. The van der Waals surface area contributed by atoms with Crippen molar-refractivity contribution in [3.63, 3.8) is 0 Å². The Bertz CT molecular complexity index is 2500. The van der Waals surface area contributed by atoms with Crippen LogP contribution in [0.4, 0.5) is 4.79 Å². The van der Waals surface area contributed by atoms with Gasteiger partial charge in [-0.1, -0.05) is 50.3 Å². The number of nitrogens with zero attached hydrogens (tertiary/aromatic N) is 2. The highest BCUT2D eigenvalue weighted by Crippen LogP contribution is 2.45. The number of fused-ring (bicyclic) bond motifs is 2. The number of aromatic nitrogens is 1. The topological polar surface area (TPSA) is 182 Å². The van der Waals surface area contributed by atoms with Crippen molar-refractivity contribution < 1.29 is 41.8 Å². The molecule has 7 rings (SSSR count). The maximum atomic E-state index is 14.5. The van der Waals surface area contributed by atoms with Crippen LogP contribution in [0.5, 0.6) is 5.75 Å². The molecule has 1 saturated carbocycles. The maximum Gasteiger partial charge on any atom is 0.408 e. The van der Waals surface area contributed by atoms with Crippen LogP contribution in [0, 0.1) is 11.8 Å². The summed E-state index contributed by atoms with van der Waals surface area (Å²) in [7, 11) is -2.68. The molecule has 14 nitrogen and oxygen atoms in total. The van der Waals surface area contributed by atoms with E-state index in [0.717, 1.165) is 41.5 Å². The normalized spacial score (nSPS) is 21.2. The SMILES string of the molecule is C=C[C@@H]1C[C@]1(NC(=O)[C@@H]1C[C@@H](OCc2cc(-c3ccc4c(c3)CCC4)nc3cc(OC)ccc23)CN1C(=O)[C@@H](NC(=O)OC(C)(C)C)C(C)C)C(=O)NS(=O)(=O)c1ccccc1. The zero-order valence-corrected chi connectivity index (χ0v) is 36.8. The van der Waals surface area contributed by atoms with Crippen molar-refractivity contribution >= 4 is 44.7 Å². The van der Waals surface area contributed by atoms with E-state index in [9.17, 15) is 27.6 Å². The van der Waals surface area contributed by atoms with E-state index in [1.807, 2.05) is 24.3 Å². The minimum absolute atomic E-state index is 0.0167. The Morgan fingerprint density at radius 2 is 1.74 bits per heavy atom. The molecule has 3 N–H and O–H groups in total. The van der Waals surface area contributed by atoms with Gasteiger partial charge in [-0.05, 0) is 105 Å². The molecule has 5 atom stereocenters. The van der Waals surface area contributed by atoms with Crippen LogP contribution in [0.3, 0.4) is 0 Å². The number of carbonyl (C=O) groups is 4. The lowest BCUT2D eigenvalue weighted by Crippen LogP contribution is -2.59. The van der Waals surface area contributed by atoms with Gasteiger partial charge in [0.1, 0.15) is 29.0 Å². The number of nitrogens with one attached hydrogen (secondary N) is 3. The number of rotatable bonds is 14. The van der Waals surface area contributed by atoms with Gasteiger partial charge in [-0.15, -0.1) is 6.58 Å². The molecule has 1 saturated heterocycles. The van der Waals surface area contributed by atoms with Crippen molar-refractivity contribution in [1.29, 1.82) is 0 Å². The third-order valence-electron chi connectivity index (χ3n) is 11.8. The number of sulfonamides is 1. The van der Waals surface area contributed by atoms with E-state index >= 15 is 0 Å².